The monoisotopic (exact) mass is 407 g/mol. The lowest BCUT2D eigenvalue weighted by Gasteiger charge is -2.24. The van der Waals surface area contributed by atoms with Crippen LogP contribution < -0.4 is 10.1 Å². The van der Waals surface area contributed by atoms with E-state index in [1.807, 2.05) is 54.6 Å². The Kier molecular flexibility index (Phi) is 7.66. The first-order valence-electron chi connectivity index (χ1n) is 10.5. The Morgan fingerprint density at radius 1 is 1.00 bits per heavy atom. The highest BCUT2D eigenvalue weighted by Crippen LogP contribution is 2.26. The third kappa shape index (κ3) is 5.72. The van der Waals surface area contributed by atoms with Crippen LogP contribution in [0.1, 0.15) is 50.2 Å². The normalized spacial score (nSPS) is 15.9. The van der Waals surface area contributed by atoms with Crippen LogP contribution in [0, 0.1) is 0 Å². The molecule has 0 bridgehead atoms. The number of hydrogen-bond acceptors (Lipinski definition) is 4. The lowest BCUT2D eigenvalue weighted by atomic mass is 9.95. The second kappa shape index (κ2) is 10.6. The Morgan fingerprint density at radius 2 is 1.67 bits per heavy atom. The summed E-state index contributed by atoms with van der Waals surface area (Å²) in [7, 11) is 1.59. The zero-order chi connectivity index (χ0) is 21.3. The van der Waals surface area contributed by atoms with Crippen molar-refractivity contribution in [3.05, 3.63) is 65.7 Å². The van der Waals surface area contributed by atoms with Crippen LogP contribution in [0.2, 0.25) is 0 Å². The zero-order valence-corrected chi connectivity index (χ0v) is 17.6. The molecule has 5 nitrogen and oxygen atoms in total. The van der Waals surface area contributed by atoms with E-state index in [0.29, 0.717) is 16.9 Å². The molecule has 5 heteroatoms. The summed E-state index contributed by atoms with van der Waals surface area (Å²) in [5.41, 5.74) is 1.85. The number of carbonyl (C=O) groups is 2. The molecule has 1 aliphatic carbocycles. The van der Waals surface area contributed by atoms with Gasteiger partial charge in [0.1, 0.15) is 5.75 Å². The topological polar surface area (TPSA) is 64.6 Å². The number of carbonyl (C=O) groups excluding carboxylic acids is 2. The van der Waals surface area contributed by atoms with Crippen LogP contribution >= 0.6 is 0 Å². The molecule has 30 heavy (non-hydrogen) atoms. The van der Waals surface area contributed by atoms with Gasteiger partial charge in [0.15, 0.2) is 6.10 Å². The summed E-state index contributed by atoms with van der Waals surface area (Å²) < 4.78 is 11.0. The molecule has 0 unspecified atom stereocenters. The van der Waals surface area contributed by atoms with E-state index < -0.39 is 12.1 Å². The molecule has 0 radical (unpaired) electrons. The van der Waals surface area contributed by atoms with Crippen LogP contribution in [0.4, 0.5) is 0 Å². The van der Waals surface area contributed by atoms with Crippen molar-refractivity contribution in [1.29, 1.82) is 0 Å². The van der Waals surface area contributed by atoms with Gasteiger partial charge in [0, 0.05) is 11.6 Å². The van der Waals surface area contributed by atoms with Crippen molar-refractivity contribution >= 4 is 23.5 Å². The number of benzene rings is 2. The van der Waals surface area contributed by atoms with Gasteiger partial charge < -0.3 is 14.8 Å². The fourth-order valence-electron chi connectivity index (χ4n) is 3.66. The maximum Gasteiger partial charge on any atom is 0.339 e. The van der Waals surface area contributed by atoms with E-state index in [2.05, 4.69) is 5.32 Å². The molecule has 1 fully saturated rings. The van der Waals surface area contributed by atoms with Gasteiger partial charge in [-0.15, -0.1) is 0 Å². The smallest absolute Gasteiger partial charge is 0.339 e. The largest absolute Gasteiger partial charge is 0.496 e. The number of hydrogen-bond donors (Lipinski definition) is 1. The predicted molar refractivity (Wildman–Crippen MR) is 118 cm³/mol. The van der Waals surface area contributed by atoms with Crippen LogP contribution in [0.5, 0.6) is 5.75 Å². The van der Waals surface area contributed by atoms with Gasteiger partial charge in [-0.1, -0.05) is 67.8 Å². The van der Waals surface area contributed by atoms with E-state index in [-0.39, 0.29) is 11.9 Å². The van der Waals surface area contributed by atoms with Crippen LogP contribution in [0.3, 0.4) is 0 Å². The minimum absolute atomic E-state index is 0.171. The van der Waals surface area contributed by atoms with Gasteiger partial charge in [-0.05, 0) is 37.5 Å². The van der Waals surface area contributed by atoms with E-state index in [1.54, 1.807) is 20.1 Å². The summed E-state index contributed by atoms with van der Waals surface area (Å²) in [6.45, 7) is 1.61. The molecule has 1 amide bonds. The van der Waals surface area contributed by atoms with Crippen molar-refractivity contribution in [3.63, 3.8) is 0 Å². The molecule has 3 rings (SSSR count). The summed E-state index contributed by atoms with van der Waals surface area (Å²) in [5, 5.41) is 3.02. The molecule has 0 heterocycles. The van der Waals surface area contributed by atoms with Gasteiger partial charge in [0.05, 0.1) is 12.7 Å². The molecule has 1 aliphatic rings. The van der Waals surface area contributed by atoms with Crippen molar-refractivity contribution in [2.75, 3.05) is 7.11 Å². The summed E-state index contributed by atoms with van der Waals surface area (Å²) in [5.74, 6) is -0.139. The van der Waals surface area contributed by atoms with Crippen LogP contribution in [0.15, 0.2) is 54.6 Å². The molecule has 1 saturated carbocycles. The Hall–Kier alpha value is -3.08. The maximum atomic E-state index is 13.0. The average Bonchev–Trinajstić information content (AvgIpc) is 2.78. The maximum absolute atomic E-state index is 13.0. The number of rotatable bonds is 7. The van der Waals surface area contributed by atoms with Crippen molar-refractivity contribution in [1.82, 2.24) is 5.32 Å². The Morgan fingerprint density at radius 3 is 2.37 bits per heavy atom. The molecule has 1 atom stereocenters. The summed E-state index contributed by atoms with van der Waals surface area (Å²) in [6, 6.07) is 16.9. The van der Waals surface area contributed by atoms with Crippen LogP contribution in [-0.2, 0) is 14.3 Å². The van der Waals surface area contributed by atoms with Gasteiger partial charge in [0.2, 0.25) is 0 Å². The minimum atomic E-state index is -0.871. The zero-order valence-electron chi connectivity index (χ0n) is 17.6. The Labute approximate surface area is 178 Å². The fraction of sp³-hybridized carbons (Fsp3) is 0.360. The van der Waals surface area contributed by atoms with Gasteiger partial charge in [-0.2, -0.15) is 0 Å². The van der Waals surface area contributed by atoms with Crippen molar-refractivity contribution in [2.24, 2.45) is 0 Å². The number of nitrogens with one attached hydrogen (secondary N) is 1. The first-order valence-corrected chi connectivity index (χ1v) is 10.5. The highest BCUT2D eigenvalue weighted by atomic mass is 16.5. The average molecular weight is 408 g/mol. The fourth-order valence-corrected chi connectivity index (χ4v) is 3.66. The third-order valence-corrected chi connectivity index (χ3v) is 5.35. The van der Waals surface area contributed by atoms with Crippen molar-refractivity contribution in [3.8, 4) is 5.75 Å². The van der Waals surface area contributed by atoms with Gasteiger partial charge in [0.25, 0.3) is 5.91 Å². The molecule has 1 N–H and O–H groups in total. The SMILES string of the molecule is COc1ccccc1/C=C(/C(=O)O[C@H](C)C(=O)NC1CCCCC1)c1ccccc1. The number of ether oxygens (including phenoxy) is 2. The molecule has 0 aliphatic heterocycles. The minimum Gasteiger partial charge on any atom is -0.496 e. The second-order valence-electron chi connectivity index (χ2n) is 7.56. The Bertz CT molecular complexity index is 885. The molecule has 2 aromatic carbocycles. The number of amides is 1. The lowest BCUT2D eigenvalue weighted by Crippen LogP contribution is -2.42. The molecule has 0 aromatic heterocycles. The quantitative estimate of drug-likeness (QED) is 0.413. The third-order valence-electron chi connectivity index (χ3n) is 5.35. The predicted octanol–water partition coefficient (Wildman–Crippen LogP) is 4.62. The molecule has 158 valence electrons. The molecular weight excluding hydrogens is 378 g/mol. The number of methoxy groups -OCH3 is 1. The summed E-state index contributed by atoms with van der Waals surface area (Å²) in [6.07, 6.45) is 6.29. The Balaban J connectivity index is 1.78. The van der Waals surface area contributed by atoms with E-state index in [4.69, 9.17) is 9.47 Å². The van der Waals surface area contributed by atoms with E-state index >= 15 is 0 Å². The van der Waals surface area contributed by atoms with E-state index in [0.717, 1.165) is 31.2 Å². The first-order chi connectivity index (χ1) is 14.6. The number of para-hydroxylation sites is 1. The molecule has 2 aromatic rings. The summed E-state index contributed by atoms with van der Waals surface area (Å²) >= 11 is 0. The molecule has 0 saturated heterocycles. The van der Waals surface area contributed by atoms with Crippen LogP contribution in [0.25, 0.3) is 11.6 Å². The van der Waals surface area contributed by atoms with E-state index in [9.17, 15) is 9.59 Å². The van der Waals surface area contributed by atoms with Crippen molar-refractivity contribution < 1.29 is 19.1 Å². The second-order valence-corrected chi connectivity index (χ2v) is 7.56. The lowest BCUT2D eigenvalue weighted by molar-refractivity contribution is -0.149. The summed E-state index contributed by atoms with van der Waals surface area (Å²) in [4.78, 5) is 25.6. The van der Waals surface area contributed by atoms with Gasteiger partial charge >= 0.3 is 5.97 Å². The van der Waals surface area contributed by atoms with Crippen LogP contribution in [-0.4, -0.2) is 31.1 Å². The first kappa shape index (κ1) is 21.6. The highest BCUT2D eigenvalue weighted by Gasteiger charge is 2.24. The van der Waals surface area contributed by atoms with E-state index in [1.165, 1.54) is 6.42 Å². The number of esters is 1. The molecule has 0 spiro atoms. The standard InChI is InChI=1S/C25H29NO4/c1-18(24(27)26-21-14-7-4-8-15-21)30-25(28)22(19-11-5-3-6-12-19)17-20-13-9-10-16-23(20)29-2/h3,5-6,9-13,16-18,21H,4,7-8,14-15H2,1-2H3,(H,26,27)/b22-17+/t18-/m1/s1. The van der Waals surface area contributed by atoms with Gasteiger partial charge in [-0.25, -0.2) is 4.79 Å². The van der Waals surface area contributed by atoms with Gasteiger partial charge in [-0.3, -0.25) is 4.79 Å². The highest BCUT2D eigenvalue weighted by molar-refractivity contribution is 6.22. The van der Waals surface area contributed by atoms with Crippen molar-refractivity contribution in [2.45, 2.75) is 51.2 Å². The molecular formula is C25H29NO4.